The van der Waals surface area contributed by atoms with Crippen LogP contribution < -0.4 is 10.6 Å². The second-order valence-electron chi connectivity index (χ2n) is 5.01. The predicted molar refractivity (Wildman–Crippen MR) is 75.7 cm³/mol. The highest BCUT2D eigenvalue weighted by Gasteiger charge is 2.21. The summed E-state index contributed by atoms with van der Waals surface area (Å²) < 4.78 is 0. The van der Waals surface area contributed by atoms with Crippen molar-refractivity contribution in [3.63, 3.8) is 0 Å². The van der Waals surface area contributed by atoms with Crippen molar-refractivity contribution in [3.8, 4) is 0 Å². The lowest BCUT2D eigenvalue weighted by Gasteiger charge is -2.08. The summed E-state index contributed by atoms with van der Waals surface area (Å²) in [5.41, 5.74) is 3.49. The minimum Gasteiger partial charge on any atom is -0.366 e. The number of nitrogens with one attached hydrogen (secondary N) is 2. The minimum absolute atomic E-state index is 0.522. The number of hydrogen-bond donors (Lipinski definition) is 2. The molecule has 0 spiro atoms. The molecule has 3 rings (SSSR count). The third-order valence-corrected chi connectivity index (χ3v) is 3.25. The molecule has 0 amide bonds. The SMILES string of the molecule is Cc1ccc(Nc2nncc(NC3CC3)n2)cc1C. The summed E-state index contributed by atoms with van der Waals surface area (Å²) in [4.78, 5) is 4.40. The molecule has 1 aromatic heterocycles. The Morgan fingerprint density at radius 3 is 2.74 bits per heavy atom. The van der Waals surface area contributed by atoms with E-state index in [-0.39, 0.29) is 0 Å². The Bertz CT molecular complexity index is 592. The fourth-order valence-electron chi connectivity index (χ4n) is 1.81. The molecule has 1 aliphatic carbocycles. The fraction of sp³-hybridized carbons (Fsp3) is 0.357. The van der Waals surface area contributed by atoms with Gasteiger partial charge in [-0.1, -0.05) is 6.07 Å². The summed E-state index contributed by atoms with van der Waals surface area (Å²) >= 11 is 0. The van der Waals surface area contributed by atoms with Crippen molar-refractivity contribution in [3.05, 3.63) is 35.5 Å². The molecule has 2 aromatic rings. The molecule has 0 saturated heterocycles. The predicted octanol–water partition coefficient (Wildman–Crippen LogP) is 2.81. The zero-order chi connectivity index (χ0) is 13.2. The second kappa shape index (κ2) is 4.84. The molecule has 1 saturated carbocycles. The van der Waals surface area contributed by atoms with Gasteiger partial charge in [-0.2, -0.15) is 10.1 Å². The Morgan fingerprint density at radius 2 is 2.00 bits per heavy atom. The number of nitrogens with zero attached hydrogens (tertiary/aromatic N) is 3. The summed E-state index contributed by atoms with van der Waals surface area (Å²) in [5.74, 6) is 1.30. The van der Waals surface area contributed by atoms with Gasteiger partial charge in [-0.05, 0) is 49.9 Å². The molecule has 0 atom stereocenters. The van der Waals surface area contributed by atoms with Crippen molar-refractivity contribution < 1.29 is 0 Å². The first-order valence-electron chi connectivity index (χ1n) is 6.51. The van der Waals surface area contributed by atoms with Crippen LogP contribution >= 0.6 is 0 Å². The van der Waals surface area contributed by atoms with E-state index >= 15 is 0 Å². The van der Waals surface area contributed by atoms with Gasteiger partial charge in [-0.25, -0.2) is 0 Å². The number of aromatic nitrogens is 3. The fourth-order valence-corrected chi connectivity index (χ4v) is 1.81. The van der Waals surface area contributed by atoms with E-state index in [4.69, 9.17) is 0 Å². The standard InChI is InChI=1S/C14H17N5/c1-9-3-4-12(7-10(9)2)17-14-18-13(8-15-19-14)16-11-5-6-11/h3-4,7-8,11H,5-6H2,1-2H3,(H2,16,17,18,19). The molecule has 0 aliphatic heterocycles. The molecule has 1 fully saturated rings. The molecule has 1 aromatic carbocycles. The molecule has 2 N–H and O–H groups in total. The van der Waals surface area contributed by atoms with E-state index in [1.165, 1.54) is 24.0 Å². The van der Waals surface area contributed by atoms with Crippen molar-refractivity contribution >= 4 is 17.5 Å². The van der Waals surface area contributed by atoms with E-state index < -0.39 is 0 Å². The van der Waals surface area contributed by atoms with Crippen LogP contribution in [-0.4, -0.2) is 21.2 Å². The largest absolute Gasteiger partial charge is 0.366 e. The maximum Gasteiger partial charge on any atom is 0.249 e. The Kier molecular flexibility index (Phi) is 3.03. The van der Waals surface area contributed by atoms with Crippen molar-refractivity contribution in [1.82, 2.24) is 15.2 Å². The van der Waals surface area contributed by atoms with Gasteiger partial charge in [-0.3, -0.25) is 0 Å². The summed E-state index contributed by atoms with van der Waals surface area (Å²) in [6.07, 6.45) is 4.08. The third-order valence-electron chi connectivity index (χ3n) is 3.25. The van der Waals surface area contributed by atoms with Crippen LogP contribution in [0, 0.1) is 13.8 Å². The maximum atomic E-state index is 4.40. The smallest absolute Gasteiger partial charge is 0.249 e. The molecule has 5 nitrogen and oxygen atoms in total. The maximum absolute atomic E-state index is 4.40. The van der Waals surface area contributed by atoms with Crippen LogP contribution in [0.2, 0.25) is 0 Å². The van der Waals surface area contributed by atoms with E-state index in [1.54, 1.807) is 6.20 Å². The number of hydrogen-bond acceptors (Lipinski definition) is 5. The van der Waals surface area contributed by atoms with Crippen molar-refractivity contribution in [2.45, 2.75) is 32.7 Å². The molecule has 19 heavy (non-hydrogen) atoms. The Balaban J connectivity index is 1.75. The zero-order valence-electron chi connectivity index (χ0n) is 11.1. The first kappa shape index (κ1) is 11.9. The average Bonchev–Trinajstić information content (AvgIpc) is 3.18. The molecule has 1 heterocycles. The molecular weight excluding hydrogens is 238 g/mol. The van der Waals surface area contributed by atoms with Crippen molar-refractivity contribution in [1.29, 1.82) is 0 Å². The van der Waals surface area contributed by atoms with Crippen LogP contribution in [0.25, 0.3) is 0 Å². The van der Waals surface area contributed by atoms with Crippen LogP contribution in [0.3, 0.4) is 0 Å². The number of aryl methyl sites for hydroxylation is 2. The summed E-state index contributed by atoms with van der Waals surface area (Å²) in [6, 6.07) is 6.75. The van der Waals surface area contributed by atoms with Gasteiger partial charge in [0.25, 0.3) is 0 Å². The Labute approximate surface area is 112 Å². The van der Waals surface area contributed by atoms with Crippen LogP contribution in [0.4, 0.5) is 17.5 Å². The molecule has 1 aliphatic rings. The van der Waals surface area contributed by atoms with Crippen LogP contribution in [0.5, 0.6) is 0 Å². The molecular formula is C14H17N5. The van der Waals surface area contributed by atoms with Crippen molar-refractivity contribution in [2.24, 2.45) is 0 Å². The molecule has 0 radical (unpaired) electrons. The van der Waals surface area contributed by atoms with Crippen LogP contribution in [0.1, 0.15) is 24.0 Å². The van der Waals surface area contributed by atoms with Gasteiger partial charge in [0.1, 0.15) is 0 Å². The highest BCUT2D eigenvalue weighted by molar-refractivity contribution is 5.56. The highest BCUT2D eigenvalue weighted by atomic mass is 15.3. The van der Waals surface area contributed by atoms with Crippen molar-refractivity contribution in [2.75, 3.05) is 10.6 Å². The number of rotatable bonds is 4. The van der Waals surface area contributed by atoms with E-state index in [0.717, 1.165) is 11.5 Å². The molecule has 98 valence electrons. The first-order chi connectivity index (χ1) is 9.20. The van der Waals surface area contributed by atoms with Gasteiger partial charge in [0, 0.05) is 11.7 Å². The monoisotopic (exact) mass is 255 g/mol. The molecule has 0 unspecified atom stereocenters. The average molecular weight is 255 g/mol. The normalized spacial score (nSPS) is 14.2. The van der Waals surface area contributed by atoms with Crippen LogP contribution in [0.15, 0.2) is 24.4 Å². The van der Waals surface area contributed by atoms with E-state index in [0.29, 0.717) is 12.0 Å². The number of anilines is 3. The van der Waals surface area contributed by atoms with E-state index in [1.807, 2.05) is 6.07 Å². The lowest BCUT2D eigenvalue weighted by Crippen LogP contribution is -2.06. The summed E-state index contributed by atoms with van der Waals surface area (Å²) in [5, 5.41) is 14.5. The van der Waals surface area contributed by atoms with Gasteiger partial charge in [0.05, 0.1) is 6.20 Å². The summed E-state index contributed by atoms with van der Waals surface area (Å²) in [6.45, 7) is 4.18. The lowest BCUT2D eigenvalue weighted by molar-refractivity contribution is 0.965. The van der Waals surface area contributed by atoms with E-state index in [2.05, 4.69) is 51.8 Å². The van der Waals surface area contributed by atoms with Crippen LogP contribution in [-0.2, 0) is 0 Å². The third kappa shape index (κ3) is 2.99. The first-order valence-corrected chi connectivity index (χ1v) is 6.51. The van der Waals surface area contributed by atoms with Gasteiger partial charge >= 0.3 is 0 Å². The van der Waals surface area contributed by atoms with Gasteiger partial charge in [-0.15, -0.1) is 5.10 Å². The Morgan fingerprint density at radius 1 is 1.16 bits per heavy atom. The number of benzene rings is 1. The van der Waals surface area contributed by atoms with Gasteiger partial charge < -0.3 is 10.6 Å². The summed E-state index contributed by atoms with van der Waals surface area (Å²) in [7, 11) is 0. The second-order valence-corrected chi connectivity index (χ2v) is 5.01. The Hall–Kier alpha value is -2.17. The van der Waals surface area contributed by atoms with Gasteiger partial charge in [0.2, 0.25) is 5.95 Å². The van der Waals surface area contributed by atoms with Gasteiger partial charge in [0.15, 0.2) is 5.82 Å². The zero-order valence-corrected chi connectivity index (χ0v) is 11.1. The lowest BCUT2D eigenvalue weighted by atomic mass is 10.1. The minimum atomic E-state index is 0.522. The molecule has 5 heteroatoms. The topological polar surface area (TPSA) is 62.7 Å². The quantitative estimate of drug-likeness (QED) is 0.879. The van der Waals surface area contributed by atoms with E-state index in [9.17, 15) is 0 Å². The molecule has 0 bridgehead atoms. The highest BCUT2D eigenvalue weighted by Crippen LogP contribution is 2.24.